The van der Waals surface area contributed by atoms with E-state index in [9.17, 15) is 48.9 Å². The number of halogens is 2. The number of aliphatic hydroxyl groups excluding tert-OH is 2. The van der Waals surface area contributed by atoms with E-state index in [4.69, 9.17) is 9.47 Å². The number of ketones is 2. The SMILES string of the molecule is C[C@H](NC(=O)CCN1C(=O)C=CC1=O)C(=O)N[C@@H](C)C(=O)Nc1cc(Cc2ccc([C@@H]3O[C@@H]4C[C@H]5[C@@H]6C[C@H](F)C7=CC(=O)C=C[C@]7(C)[C@@]6(F)[C@@H](O)C[C@]5(C)[C@]4(C(=O)CO)O3)cc2)ccc1O. The topological polar surface area (TPSA) is 238 Å². The number of hydrogen-bond acceptors (Lipinski definition) is 12. The molecule has 2 aromatic carbocycles. The van der Waals surface area contributed by atoms with Gasteiger partial charge in [0.25, 0.3) is 11.8 Å². The highest BCUT2D eigenvalue weighted by Crippen LogP contribution is 2.72. The maximum Gasteiger partial charge on any atom is 0.253 e. The Morgan fingerprint density at radius 1 is 0.909 bits per heavy atom. The fourth-order valence-corrected chi connectivity index (χ4v) is 11.4. The molecule has 66 heavy (non-hydrogen) atoms. The number of aliphatic hydroxyl groups is 2. The third-order valence-corrected chi connectivity index (χ3v) is 14.9. The number of rotatable bonds is 13. The molecule has 6 N–H and O–H groups in total. The minimum absolute atomic E-state index is 0.0141. The summed E-state index contributed by atoms with van der Waals surface area (Å²) in [5.41, 5.74) is -4.96. The molecule has 0 unspecified atom stereocenters. The van der Waals surface area contributed by atoms with Gasteiger partial charge < -0.3 is 40.7 Å². The third kappa shape index (κ3) is 7.47. The number of nitrogens with zero attached hydrogens (tertiary/aromatic N) is 1. The van der Waals surface area contributed by atoms with Crippen molar-refractivity contribution in [2.75, 3.05) is 18.5 Å². The van der Waals surface area contributed by atoms with E-state index in [1.165, 1.54) is 39.0 Å². The van der Waals surface area contributed by atoms with Crippen LogP contribution < -0.4 is 16.0 Å². The number of amides is 5. The first-order valence-electron chi connectivity index (χ1n) is 22.0. The number of carbonyl (C=O) groups is 7. The molecule has 6 aliphatic rings. The number of phenols is 1. The molecular formula is C48H52F2N4O12. The zero-order valence-corrected chi connectivity index (χ0v) is 36.7. The number of alkyl halides is 2. The van der Waals surface area contributed by atoms with Gasteiger partial charge in [-0.25, -0.2) is 8.78 Å². The van der Waals surface area contributed by atoms with Crippen LogP contribution in [0.25, 0.3) is 0 Å². The van der Waals surface area contributed by atoms with Crippen molar-refractivity contribution in [3.8, 4) is 5.75 Å². The standard InChI is InChI=1S/C48H52F2N4O12/c1-24(51-39(60)14-16-54-40(61)11-12-41(54)62)42(63)52-25(2)43(64)53-34-18-27(7-10-35(34)57)17-26-5-8-28(9-6-26)44-65-38-21-30-31-20-33(49)32-19-29(56)13-15-45(32,3)47(31,50)36(58)22-46(30,4)48(38,66-44)37(59)23-55/h5-13,15,18-19,24-25,30-31,33,36,38,44,55,57-58H,14,16-17,20-23H2,1-4H3,(H,51,60)(H,52,63)(H,53,64)/t24-,25-,30-,31-,33-,36-,38+,44+,45-,46-,47-,48+/m0/s1. The lowest BCUT2D eigenvalue weighted by molar-refractivity contribution is -0.235. The number of imide groups is 1. The minimum atomic E-state index is -2.37. The van der Waals surface area contributed by atoms with Crippen LogP contribution in [0.5, 0.6) is 5.75 Å². The monoisotopic (exact) mass is 914 g/mol. The van der Waals surface area contributed by atoms with E-state index >= 15 is 8.78 Å². The zero-order valence-electron chi connectivity index (χ0n) is 36.7. The highest BCUT2D eigenvalue weighted by Gasteiger charge is 2.80. The Hall–Kier alpha value is -5.95. The van der Waals surface area contributed by atoms with Gasteiger partial charge in [0.2, 0.25) is 17.7 Å². The molecule has 2 aromatic rings. The molecule has 350 valence electrons. The molecule has 12 atom stereocenters. The zero-order chi connectivity index (χ0) is 47.7. The van der Waals surface area contributed by atoms with E-state index in [0.717, 1.165) is 28.7 Å². The second-order valence-corrected chi connectivity index (χ2v) is 18.7. The quantitative estimate of drug-likeness (QED) is 0.126. The number of anilines is 1. The number of benzene rings is 2. The van der Waals surface area contributed by atoms with Gasteiger partial charge in [0.05, 0.1) is 17.9 Å². The lowest BCUT2D eigenvalue weighted by Gasteiger charge is -2.63. The predicted molar refractivity (Wildman–Crippen MR) is 229 cm³/mol. The summed E-state index contributed by atoms with van der Waals surface area (Å²) in [6.45, 7) is 4.97. The number of Topliss-reactive ketones (excluding diaryl/α,β-unsaturated/α-hetero) is 1. The molecule has 1 saturated heterocycles. The second-order valence-electron chi connectivity index (χ2n) is 18.7. The summed E-state index contributed by atoms with van der Waals surface area (Å²) in [6, 6.07) is 9.56. The number of aromatic hydroxyl groups is 1. The lowest BCUT2D eigenvalue weighted by Crippen LogP contribution is -2.70. The normalized spacial score (nSPS) is 33.8. The van der Waals surface area contributed by atoms with E-state index in [0.29, 0.717) is 17.5 Å². The van der Waals surface area contributed by atoms with Gasteiger partial charge >= 0.3 is 0 Å². The number of allylic oxidation sites excluding steroid dienone is 4. The first kappa shape index (κ1) is 46.6. The molecule has 8 rings (SSSR count). The average Bonchev–Trinajstić information content (AvgIpc) is 3.90. The smallest absolute Gasteiger partial charge is 0.253 e. The molecule has 3 saturated carbocycles. The summed E-state index contributed by atoms with van der Waals surface area (Å²) in [7, 11) is 0. The molecule has 0 bridgehead atoms. The number of phenolic OH excluding ortho intramolecular Hbond substituents is 1. The predicted octanol–water partition coefficient (Wildman–Crippen LogP) is 2.89. The van der Waals surface area contributed by atoms with Crippen LogP contribution in [0, 0.1) is 22.7 Å². The van der Waals surface area contributed by atoms with Gasteiger partial charge in [-0.2, -0.15) is 0 Å². The average molecular weight is 915 g/mol. The van der Waals surface area contributed by atoms with E-state index in [2.05, 4.69) is 16.0 Å². The minimum Gasteiger partial charge on any atom is -0.506 e. The molecular weight excluding hydrogens is 863 g/mol. The van der Waals surface area contributed by atoms with Crippen LogP contribution in [0.1, 0.15) is 76.4 Å². The van der Waals surface area contributed by atoms with Crippen LogP contribution in [0.3, 0.4) is 0 Å². The van der Waals surface area contributed by atoms with Gasteiger partial charge in [-0.05, 0) is 93.4 Å². The largest absolute Gasteiger partial charge is 0.506 e. The van der Waals surface area contributed by atoms with Crippen LogP contribution in [0.2, 0.25) is 0 Å². The summed E-state index contributed by atoms with van der Waals surface area (Å²) in [5, 5.41) is 40.3. The van der Waals surface area contributed by atoms with Crippen molar-refractivity contribution in [2.45, 2.75) is 108 Å². The van der Waals surface area contributed by atoms with Crippen LogP contribution in [-0.2, 0) is 49.5 Å². The molecule has 2 aliphatic heterocycles. The van der Waals surface area contributed by atoms with Gasteiger partial charge in [0, 0.05) is 47.4 Å². The molecule has 0 aromatic heterocycles. The van der Waals surface area contributed by atoms with Crippen LogP contribution in [-0.4, -0.2) is 116 Å². The number of hydrogen-bond donors (Lipinski definition) is 6. The first-order chi connectivity index (χ1) is 31.2. The van der Waals surface area contributed by atoms with E-state index < -0.39 is 118 Å². The maximum absolute atomic E-state index is 17.7. The van der Waals surface area contributed by atoms with E-state index in [-0.39, 0.29) is 49.2 Å². The fourth-order valence-electron chi connectivity index (χ4n) is 11.4. The second kappa shape index (κ2) is 17.0. The molecule has 0 spiro atoms. The van der Waals surface area contributed by atoms with Crippen molar-refractivity contribution in [3.63, 3.8) is 0 Å². The summed E-state index contributed by atoms with van der Waals surface area (Å²) >= 11 is 0. The highest BCUT2D eigenvalue weighted by atomic mass is 19.1. The summed E-state index contributed by atoms with van der Waals surface area (Å²) in [4.78, 5) is 88.8. The first-order valence-corrected chi connectivity index (χ1v) is 22.0. The Balaban J connectivity index is 0.900. The van der Waals surface area contributed by atoms with Crippen LogP contribution >= 0.6 is 0 Å². The van der Waals surface area contributed by atoms with Crippen molar-refractivity contribution in [2.24, 2.45) is 22.7 Å². The molecule has 4 aliphatic carbocycles. The Morgan fingerprint density at radius 2 is 1.58 bits per heavy atom. The van der Waals surface area contributed by atoms with E-state index in [1.54, 1.807) is 43.3 Å². The Kier molecular flexibility index (Phi) is 12.0. The molecule has 18 heteroatoms. The Bertz CT molecular complexity index is 2480. The third-order valence-electron chi connectivity index (χ3n) is 14.9. The van der Waals surface area contributed by atoms with Gasteiger partial charge in [-0.3, -0.25) is 38.5 Å². The number of fused-ring (bicyclic) bond motifs is 7. The van der Waals surface area contributed by atoms with Crippen molar-refractivity contribution in [3.05, 3.63) is 95.1 Å². The molecule has 4 fully saturated rings. The maximum atomic E-state index is 17.7. The highest BCUT2D eigenvalue weighted by molar-refractivity contribution is 6.13. The Labute approximate surface area is 378 Å². The molecule has 5 amide bonds. The number of nitrogens with one attached hydrogen (secondary N) is 3. The molecule has 2 heterocycles. The number of ether oxygens (including phenoxy) is 2. The summed E-state index contributed by atoms with van der Waals surface area (Å²) in [6.07, 6.45) is 0.111. The Morgan fingerprint density at radius 3 is 2.26 bits per heavy atom. The molecule has 0 radical (unpaired) electrons. The van der Waals surface area contributed by atoms with Crippen molar-refractivity contribution in [1.29, 1.82) is 0 Å². The van der Waals surface area contributed by atoms with Crippen LogP contribution in [0.15, 0.2) is 78.4 Å². The van der Waals surface area contributed by atoms with Crippen molar-refractivity contribution in [1.82, 2.24) is 15.5 Å². The van der Waals surface area contributed by atoms with Crippen molar-refractivity contribution >= 4 is 46.8 Å². The molecule has 16 nitrogen and oxygen atoms in total. The van der Waals surface area contributed by atoms with Gasteiger partial charge in [-0.15, -0.1) is 0 Å². The number of carbonyl (C=O) groups excluding carboxylic acids is 7. The summed E-state index contributed by atoms with van der Waals surface area (Å²) in [5.74, 6) is -6.13. The van der Waals surface area contributed by atoms with E-state index in [1.807, 2.05) is 0 Å². The fraction of sp³-hybridized carbons (Fsp3) is 0.479. The van der Waals surface area contributed by atoms with Gasteiger partial charge in [0.15, 0.2) is 29.1 Å². The van der Waals surface area contributed by atoms with Crippen molar-refractivity contribution < 1.29 is 67.1 Å². The lowest BCUT2D eigenvalue weighted by atomic mass is 9.44. The summed E-state index contributed by atoms with van der Waals surface area (Å²) < 4.78 is 46.8. The van der Waals surface area contributed by atoms with Gasteiger partial charge in [-0.1, -0.05) is 43.3 Å². The van der Waals surface area contributed by atoms with Gasteiger partial charge in [0.1, 0.15) is 30.6 Å². The van der Waals surface area contributed by atoms with Crippen LogP contribution in [0.4, 0.5) is 14.5 Å².